The molecule has 0 aliphatic rings. The maximum absolute atomic E-state index is 11.4. The number of nitriles is 1. The van der Waals surface area contributed by atoms with Crippen LogP contribution in [0.25, 0.3) is 0 Å². The van der Waals surface area contributed by atoms with E-state index in [4.69, 9.17) is 14.7 Å². The maximum atomic E-state index is 11.4. The number of rotatable bonds is 11. The minimum absolute atomic E-state index is 0.134. The normalized spacial score (nSPS) is 10.3. The van der Waals surface area contributed by atoms with Gasteiger partial charge in [-0.15, -0.1) is 0 Å². The van der Waals surface area contributed by atoms with Gasteiger partial charge in [0.25, 0.3) is 0 Å². The van der Waals surface area contributed by atoms with Crippen LogP contribution in [0.1, 0.15) is 32.8 Å². The van der Waals surface area contributed by atoms with E-state index in [0.717, 1.165) is 25.2 Å². The molecule has 0 heterocycles. The summed E-state index contributed by atoms with van der Waals surface area (Å²) in [4.78, 5) is 13.7. The van der Waals surface area contributed by atoms with Gasteiger partial charge in [-0.1, -0.05) is 19.9 Å². The van der Waals surface area contributed by atoms with Gasteiger partial charge in [-0.25, -0.2) is 0 Å². The third kappa shape index (κ3) is 6.88. The topological polar surface area (TPSA) is 74.6 Å². The van der Waals surface area contributed by atoms with E-state index in [1.54, 1.807) is 0 Å². The largest absolute Gasteiger partial charge is 0.490 e. The van der Waals surface area contributed by atoms with Crippen molar-refractivity contribution in [1.29, 1.82) is 5.26 Å². The molecule has 0 radical (unpaired) electrons. The van der Waals surface area contributed by atoms with Crippen molar-refractivity contribution in [2.45, 2.75) is 33.7 Å². The number of carbonyl (C=O) groups is 1. The highest BCUT2D eigenvalue weighted by molar-refractivity contribution is 5.77. The third-order valence-electron chi connectivity index (χ3n) is 3.60. The van der Waals surface area contributed by atoms with Crippen LogP contribution in [-0.2, 0) is 11.3 Å². The highest BCUT2D eigenvalue weighted by Gasteiger charge is 2.08. The van der Waals surface area contributed by atoms with Gasteiger partial charge in [0.05, 0.1) is 12.7 Å². The monoisotopic (exact) mass is 333 g/mol. The Balaban J connectivity index is 2.65. The Morgan fingerprint density at radius 2 is 1.96 bits per heavy atom. The van der Waals surface area contributed by atoms with Gasteiger partial charge in [-0.2, -0.15) is 5.26 Å². The first kappa shape index (κ1) is 19.8. The summed E-state index contributed by atoms with van der Waals surface area (Å²) in [7, 11) is 0. The van der Waals surface area contributed by atoms with E-state index >= 15 is 0 Å². The summed E-state index contributed by atoms with van der Waals surface area (Å²) in [5.74, 6) is 1.09. The van der Waals surface area contributed by atoms with E-state index in [0.29, 0.717) is 31.3 Å². The first-order chi connectivity index (χ1) is 11.6. The Morgan fingerprint density at radius 1 is 1.21 bits per heavy atom. The molecule has 0 saturated carbocycles. The Morgan fingerprint density at radius 3 is 2.58 bits per heavy atom. The standard InChI is InChI=1S/C18H27N3O3/c1-4-21(5-2)11-12-24-16-8-7-15(13-17(16)23-6-3)14-20-18(22)9-10-19/h7-8,13H,4-6,9,11-12,14H2,1-3H3,(H,20,22). The molecule has 0 unspecified atom stereocenters. The fraction of sp³-hybridized carbons (Fsp3) is 0.556. The van der Waals surface area contributed by atoms with Gasteiger partial charge >= 0.3 is 0 Å². The number of benzene rings is 1. The lowest BCUT2D eigenvalue weighted by molar-refractivity contribution is -0.120. The number of ether oxygens (including phenoxy) is 2. The minimum Gasteiger partial charge on any atom is -0.490 e. The van der Waals surface area contributed by atoms with Gasteiger partial charge in [0.15, 0.2) is 11.5 Å². The molecule has 1 aromatic carbocycles. The van der Waals surface area contributed by atoms with Gasteiger partial charge in [-0.3, -0.25) is 4.79 Å². The third-order valence-corrected chi connectivity index (χ3v) is 3.60. The zero-order valence-electron chi connectivity index (χ0n) is 14.8. The molecule has 0 saturated heterocycles. The lowest BCUT2D eigenvalue weighted by atomic mass is 10.2. The number of nitrogens with one attached hydrogen (secondary N) is 1. The Bertz CT molecular complexity index is 551. The predicted molar refractivity (Wildman–Crippen MR) is 93.0 cm³/mol. The van der Waals surface area contributed by atoms with Crippen LogP contribution < -0.4 is 14.8 Å². The summed E-state index contributed by atoms with van der Waals surface area (Å²) in [5.41, 5.74) is 0.904. The molecule has 0 aliphatic carbocycles. The van der Waals surface area contributed by atoms with E-state index in [9.17, 15) is 4.79 Å². The van der Waals surface area contributed by atoms with Crippen LogP contribution in [0.15, 0.2) is 18.2 Å². The Hall–Kier alpha value is -2.26. The van der Waals surface area contributed by atoms with Crippen LogP contribution in [0.4, 0.5) is 0 Å². The van der Waals surface area contributed by atoms with E-state index < -0.39 is 0 Å². The fourth-order valence-corrected chi connectivity index (χ4v) is 2.21. The quantitative estimate of drug-likeness (QED) is 0.673. The lowest BCUT2D eigenvalue weighted by Crippen LogP contribution is -2.28. The Labute approximate surface area is 144 Å². The molecule has 1 aromatic rings. The molecule has 0 aliphatic heterocycles. The van der Waals surface area contributed by atoms with Crippen molar-refractivity contribution < 1.29 is 14.3 Å². The number of hydrogen-bond acceptors (Lipinski definition) is 5. The number of likely N-dealkylation sites (N-methyl/N-ethyl adjacent to an activating group) is 1. The van der Waals surface area contributed by atoms with Gasteiger partial charge in [0, 0.05) is 13.1 Å². The summed E-state index contributed by atoms with van der Waals surface area (Å²) in [6.07, 6.45) is -0.134. The number of amides is 1. The average molecular weight is 333 g/mol. The summed E-state index contributed by atoms with van der Waals surface area (Å²) in [6, 6.07) is 7.44. The van der Waals surface area contributed by atoms with E-state index in [-0.39, 0.29) is 12.3 Å². The predicted octanol–water partition coefficient (Wildman–Crippen LogP) is 2.34. The molecule has 0 bridgehead atoms. The van der Waals surface area contributed by atoms with Crippen LogP contribution in [0.3, 0.4) is 0 Å². The van der Waals surface area contributed by atoms with Crippen LogP contribution >= 0.6 is 0 Å². The zero-order chi connectivity index (χ0) is 17.8. The molecule has 132 valence electrons. The Kier molecular flexibility index (Phi) is 9.32. The fourth-order valence-electron chi connectivity index (χ4n) is 2.21. The summed E-state index contributed by atoms with van der Waals surface area (Å²) in [6.45, 7) is 10.5. The van der Waals surface area contributed by atoms with Crippen molar-refractivity contribution in [3.05, 3.63) is 23.8 Å². The van der Waals surface area contributed by atoms with Crippen molar-refractivity contribution >= 4 is 5.91 Å². The second-order valence-electron chi connectivity index (χ2n) is 5.20. The van der Waals surface area contributed by atoms with E-state index in [1.807, 2.05) is 31.2 Å². The van der Waals surface area contributed by atoms with Crippen molar-refractivity contribution in [1.82, 2.24) is 10.2 Å². The van der Waals surface area contributed by atoms with E-state index in [2.05, 4.69) is 24.1 Å². The molecule has 0 fully saturated rings. The van der Waals surface area contributed by atoms with Gasteiger partial charge in [0.2, 0.25) is 5.91 Å². The van der Waals surface area contributed by atoms with Crippen LogP contribution in [-0.4, -0.2) is 43.7 Å². The smallest absolute Gasteiger partial charge is 0.234 e. The van der Waals surface area contributed by atoms with Crippen LogP contribution in [0.2, 0.25) is 0 Å². The van der Waals surface area contributed by atoms with Crippen LogP contribution in [0, 0.1) is 11.3 Å². The highest BCUT2D eigenvalue weighted by Crippen LogP contribution is 2.28. The molecule has 1 amide bonds. The summed E-state index contributed by atoms with van der Waals surface area (Å²) < 4.78 is 11.5. The molecule has 1 N–H and O–H groups in total. The number of nitrogens with zero attached hydrogens (tertiary/aromatic N) is 2. The molecule has 0 aromatic heterocycles. The molecule has 0 atom stereocenters. The summed E-state index contributed by atoms with van der Waals surface area (Å²) in [5, 5.41) is 11.2. The van der Waals surface area contributed by atoms with Crippen molar-refractivity contribution in [3.8, 4) is 17.6 Å². The molecule has 6 heteroatoms. The first-order valence-corrected chi connectivity index (χ1v) is 8.39. The number of carbonyl (C=O) groups excluding carboxylic acids is 1. The van der Waals surface area contributed by atoms with Gasteiger partial charge in [0.1, 0.15) is 13.0 Å². The van der Waals surface area contributed by atoms with Gasteiger partial charge in [-0.05, 0) is 37.7 Å². The van der Waals surface area contributed by atoms with Crippen LogP contribution in [0.5, 0.6) is 11.5 Å². The molecular weight excluding hydrogens is 306 g/mol. The molecule has 24 heavy (non-hydrogen) atoms. The van der Waals surface area contributed by atoms with E-state index in [1.165, 1.54) is 0 Å². The number of hydrogen-bond donors (Lipinski definition) is 1. The SMILES string of the molecule is CCOc1cc(CNC(=O)CC#N)ccc1OCCN(CC)CC. The van der Waals surface area contributed by atoms with Crippen molar-refractivity contribution in [2.24, 2.45) is 0 Å². The van der Waals surface area contributed by atoms with Crippen molar-refractivity contribution in [2.75, 3.05) is 32.8 Å². The minimum atomic E-state index is -0.282. The molecule has 1 rings (SSSR count). The first-order valence-electron chi connectivity index (χ1n) is 8.39. The lowest BCUT2D eigenvalue weighted by Gasteiger charge is -2.19. The maximum Gasteiger partial charge on any atom is 0.234 e. The summed E-state index contributed by atoms with van der Waals surface area (Å²) >= 11 is 0. The van der Waals surface area contributed by atoms with Gasteiger partial charge < -0.3 is 19.7 Å². The second kappa shape index (κ2) is 11.3. The molecule has 0 spiro atoms. The zero-order valence-corrected chi connectivity index (χ0v) is 14.8. The average Bonchev–Trinajstić information content (AvgIpc) is 2.59. The van der Waals surface area contributed by atoms with Crippen molar-refractivity contribution in [3.63, 3.8) is 0 Å². The highest BCUT2D eigenvalue weighted by atomic mass is 16.5. The molecule has 6 nitrogen and oxygen atoms in total. The second-order valence-corrected chi connectivity index (χ2v) is 5.20. The molecular formula is C18H27N3O3.